The molecule has 1 aliphatic rings. The van der Waals surface area contributed by atoms with Crippen molar-refractivity contribution in [1.29, 1.82) is 0 Å². The lowest BCUT2D eigenvalue weighted by Gasteiger charge is -2.25. The molecule has 1 fully saturated rings. The smallest absolute Gasteiger partial charge is 0.0949 e. The Labute approximate surface area is 116 Å². The van der Waals surface area contributed by atoms with Gasteiger partial charge in [-0.15, -0.1) is 0 Å². The Morgan fingerprint density at radius 3 is 2.68 bits per heavy atom. The highest BCUT2D eigenvalue weighted by Gasteiger charge is 2.17. The maximum absolute atomic E-state index is 6.15. The van der Waals surface area contributed by atoms with Gasteiger partial charge >= 0.3 is 0 Å². The van der Waals surface area contributed by atoms with Gasteiger partial charge in [0.25, 0.3) is 0 Å². The highest BCUT2D eigenvalue weighted by molar-refractivity contribution is 5.17. The predicted octanol–water partition coefficient (Wildman–Crippen LogP) is 2.78. The monoisotopic (exact) mass is 263 g/mol. The molecule has 1 heterocycles. The third-order valence-electron chi connectivity index (χ3n) is 3.63. The van der Waals surface area contributed by atoms with Crippen LogP contribution in [0.25, 0.3) is 0 Å². The zero-order valence-corrected chi connectivity index (χ0v) is 11.8. The van der Waals surface area contributed by atoms with Crippen LogP contribution in [0.5, 0.6) is 0 Å². The first-order valence-electron chi connectivity index (χ1n) is 7.35. The van der Waals surface area contributed by atoms with Crippen molar-refractivity contribution in [3.8, 4) is 0 Å². The molecule has 3 nitrogen and oxygen atoms in total. The number of hydrogen-bond donors (Lipinski definition) is 1. The van der Waals surface area contributed by atoms with Crippen molar-refractivity contribution in [1.82, 2.24) is 5.32 Å². The van der Waals surface area contributed by atoms with E-state index in [0.29, 0.717) is 5.92 Å². The molecule has 0 radical (unpaired) electrons. The van der Waals surface area contributed by atoms with E-state index in [9.17, 15) is 0 Å². The molecule has 0 bridgehead atoms. The summed E-state index contributed by atoms with van der Waals surface area (Å²) in [5, 5.41) is 3.38. The fourth-order valence-electron chi connectivity index (χ4n) is 2.38. The van der Waals surface area contributed by atoms with Crippen molar-refractivity contribution >= 4 is 0 Å². The molecule has 0 aliphatic carbocycles. The van der Waals surface area contributed by atoms with Gasteiger partial charge in [0.15, 0.2) is 0 Å². The summed E-state index contributed by atoms with van der Waals surface area (Å²) < 4.78 is 11.5. The van der Waals surface area contributed by atoms with Crippen molar-refractivity contribution in [2.45, 2.75) is 25.9 Å². The molecule has 3 heteroatoms. The summed E-state index contributed by atoms with van der Waals surface area (Å²) in [6.45, 7) is 6.59. The van der Waals surface area contributed by atoms with Gasteiger partial charge in [0.2, 0.25) is 0 Å². The average molecular weight is 263 g/mol. The van der Waals surface area contributed by atoms with Gasteiger partial charge in [0, 0.05) is 19.8 Å². The Bertz CT molecular complexity index is 336. The molecule has 2 rings (SSSR count). The van der Waals surface area contributed by atoms with Gasteiger partial charge in [-0.3, -0.25) is 0 Å². The van der Waals surface area contributed by atoms with E-state index in [1.807, 2.05) is 6.07 Å². The zero-order chi connectivity index (χ0) is 13.3. The van der Waals surface area contributed by atoms with Gasteiger partial charge in [-0.2, -0.15) is 0 Å². The van der Waals surface area contributed by atoms with Crippen LogP contribution in [0, 0.1) is 5.92 Å². The molecule has 1 N–H and O–H groups in total. The van der Waals surface area contributed by atoms with E-state index in [2.05, 4.69) is 36.5 Å². The van der Waals surface area contributed by atoms with Crippen LogP contribution in [0.4, 0.5) is 0 Å². The highest BCUT2D eigenvalue weighted by Crippen LogP contribution is 2.21. The van der Waals surface area contributed by atoms with Crippen LogP contribution < -0.4 is 5.32 Å². The molecule has 0 spiro atoms. The molecule has 0 amide bonds. The molecule has 1 aliphatic heterocycles. The molecule has 1 atom stereocenters. The fraction of sp³-hybridized carbons (Fsp3) is 0.625. The van der Waals surface area contributed by atoms with Crippen LogP contribution in [-0.2, 0) is 9.47 Å². The maximum Gasteiger partial charge on any atom is 0.0949 e. The topological polar surface area (TPSA) is 30.5 Å². The molecular weight excluding hydrogens is 238 g/mol. The van der Waals surface area contributed by atoms with E-state index >= 15 is 0 Å². The van der Waals surface area contributed by atoms with E-state index in [-0.39, 0.29) is 6.10 Å². The van der Waals surface area contributed by atoms with Gasteiger partial charge in [-0.1, -0.05) is 37.3 Å². The summed E-state index contributed by atoms with van der Waals surface area (Å²) in [5.41, 5.74) is 1.26. The molecule has 19 heavy (non-hydrogen) atoms. The molecule has 1 aromatic rings. The normalized spacial score (nSPS) is 18.4. The first-order chi connectivity index (χ1) is 9.40. The van der Waals surface area contributed by atoms with E-state index in [1.54, 1.807) is 0 Å². The van der Waals surface area contributed by atoms with Crippen LogP contribution >= 0.6 is 0 Å². The van der Waals surface area contributed by atoms with Gasteiger partial charge in [0.05, 0.1) is 12.7 Å². The van der Waals surface area contributed by atoms with E-state index in [4.69, 9.17) is 9.47 Å². The third-order valence-corrected chi connectivity index (χ3v) is 3.63. The Kier molecular flexibility index (Phi) is 6.34. The van der Waals surface area contributed by atoms with Gasteiger partial charge < -0.3 is 14.8 Å². The summed E-state index contributed by atoms with van der Waals surface area (Å²) in [5.74, 6) is 0.654. The quantitative estimate of drug-likeness (QED) is 0.820. The maximum atomic E-state index is 6.15. The second-order valence-corrected chi connectivity index (χ2v) is 5.10. The number of benzene rings is 1. The second-order valence-electron chi connectivity index (χ2n) is 5.10. The minimum absolute atomic E-state index is 0.156. The second kappa shape index (κ2) is 8.31. The Morgan fingerprint density at radius 2 is 2.00 bits per heavy atom. The highest BCUT2D eigenvalue weighted by atomic mass is 16.5. The number of ether oxygens (including phenoxy) is 2. The summed E-state index contributed by atoms with van der Waals surface area (Å²) in [6, 6.07) is 10.5. The first-order valence-corrected chi connectivity index (χ1v) is 7.35. The van der Waals surface area contributed by atoms with Crippen LogP contribution in [0.1, 0.15) is 31.4 Å². The van der Waals surface area contributed by atoms with Crippen LogP contribution in [0.3, 0.4) is 0 Å². The number of nitrogens with one attached hydrogen (secondary N) is 1. The van der Waals surface area contributed by atoms with E-state index < -0.39 is 0 Å². The minimum atomic E-state index is 0.156. The lowest BCUT2D eigenvalue weighted by Crippen LogP contribution is -2.26. The summed E-state index contributed by atoms with van der Waals surface area (Å²) >= 11 is 0. The summed E-state index contributed by atoms with van der Waals surface area (Å²) in [4.78, 5) is 0. The predicted molar refractivity (Wildman–Crippen MR) is 77.2 cm³/mol. The molecular formula is C16H25NO2. The van der Waals surface area contributed by atoms with Crippen molar-refractivity contribution in [3.63, 3.8) is 0 Å². The Morgan fingerprint density at radius 1 is 1.26 bits per heavy atom. The number of rotatable bonds is 7. The summed E-state index contributed by atoms with van der Waals surface area (Å²) in [6.07, 6.45) is 2.41. The minimum Gasteiger partial charge on any atom is -0.381 e. The molecule has 0 saturated carbocycles. The standard InChI is InChI=1S/C16H25NO2/c1-2-17-12-16(15-6-4-3-5-7-15)19-13-14-8-10-18-11-9-14/h3-7,14,16-17H,2,8-13H2,1H3. The third kappa shape index (κ3) is 4.94. The van der Waals surface area contributed by atoms with Crippen molar-refractivity contribution < 1.29 is 9.47 Å². The Hall–Kier alpha value is -0.900. The average Bonchev–Trinajstić information content (AvgIpc) is 2.49. The zero-order valence-electron chi connectivity index (χ0n) is 11.8. The van der Waals surface area contributed by atoms with E-state index in [1.165, 1.54) is 5.56 Å². The number of likely N-dealkylation sites (N-methyl/N-ethyl adjacent to an activating group) is 1. The lowest BCUT2D eigenvalue weighted by molar-refractivity contribution is -0.0112. The van der Waals surface area contributed by atoms with Crippen LogP contribution in [0.2, 0.25) is 0 Å². The SMILES string of the molecule is CCNCC(OCC1CCOCC1)c1ccccc1. The van der Waals surface area contributed by atoms with Crippen LogP contribution in [-0.4, -0.2) is 32.9 Å². The van der Waals surface area contributed by atoms with Gasteiger partial charge in [-0.25, -0.2) is 0 Å². The van der Waals surface area contributed by atoms with Crippen molar-refractivity contribution in [3.05, 3.63) is 35.9 Å². The number of hydrogen-bond acceptors (Lipinski definition) is 3. The molecule has 1 aromatic carbocycles. The van der Waals surface area contributed by atoms with Crippen molar-refractivity contribution in [2.75, 3.05) is 32.9 Å². The molecule has 1 saturated heterocycles. The molecule has 1 unspecified atom stereocenters. The van der Waals surface area contributed by atoms with Crippen LogP contribution in [0.15, 0.2) is 30.3 Å². The van der Waals surface area contributed by atoms with E-state index in [0.717, 1.165) is 45.8 Å². The largest absolute Gasteiger partial charge is 0.381 e. The summed E-state index contributed by atoms with van der Waals surface area (Å²) in [7, 11) is 0. The van der Waals surface area contributed by atoms with Gasteiger partial charge in [-0.05, 0) is 30.9 Å². The fourth-order valence-corrected chi connectivity index (χ4v) is 2.38. The Balaban J connectivity index is 1.86. The lowest BCUT2D eigenvalue weighted by atomic mass is 10.0. The molecule has 0 aromatic heterocycles. The van der Waals surface area contributed by atoms with Crippen molar-refractivity contribution in [2.24, 2.45) is 5.92 Å². The van der Waals surface area contributed by atoms with Gasteiger partial charge in [0.1, 0.15) is 0 Å². The first kappa shape index (κ1) is 14.5. The molecule has 106 valence electrons.